The molecule has 0 aliphatic heterocycles. The molecule has 0 aliphatic carbocycles. The fraction of sp³-hybridized carbons (Fsp3) is 0.800. The van der Waals surface area contributed by atoms with E-state index in [1.54, 1.807) is 0 Å². The highest BCUT2D eigenvalue weighted by molar-refractivity contribution is 9.08. The molecule has 0 N–H and O–H groups in total. The molecule has 0 radical (unpaired) electrons. The highest BCUT2D eigenvalue weighted by Crippen LogP contribution is 2.09. The van der Waals surface area contributed by atoms with Crippen LogP contribution in [0.3, 0.4) is 0 Å². The molecule has 0 atom stereocenters. The SMILES string of the molecule is CCCCCc1nnc(CBr)n1CC. The minimum atomic E-state index is 0.793. The largest absolute Gasteiger partial charge is 0.315 e. The van der Waals surface area contributed by atoms with E-state index in [9.17, 15) is 0 Å². The van der Waals surface area contributed by atoms with Crippen LogP contribution in [0.5, 0.6) is 0 Å². The van der Waals surface area contributed by atoms with Gasteiger partial charge in [0.25, 0.3) is 0 Å². The molecule has 1 aromatic heterocycles. The van der Waals surface area contributed by atoms with Crippen LogP contribution in [0, 0.1) is 0 Å². The number of hydrogen-bond donors (Lipinski definition) is 0. The van der Waals surface area contributed by atoms with Crippen LogP contribution in [0.15, 0.2) is 0 Å². The van der Waals surface area contributed by atoms with E-state index >= 15 is 0 Å². The van der Waals surface area contributed by atoms with Crippen LogP contribution < -0.4 is 0 Å². The molecule has 0 fully saturated rings. The van der Waals surface area contributed by atoms with Crippen molar-refractivity contribution in [2.24, 2.45) is 0 Å². The van der Waals surface area contributed by atoms with E-state index in [0.717, 1.165) is 29.9 Å². The monoisotopic (exact) mass is 259 g/mol. The number of aryl methyl sites for hydroxylation is 1. The quantitative estimate of drug-likeness (QED) is 0.581. The lowest BCUT2D eigenvalue weighted by atomic mass is 10.2. The predicted molar refractivity (Wildman–Crippen MR) is 61.6 cm³/mol. The van der Waals surface area contributed by atoms with Crippen molar-refractivity contribution in [2.45, 2.75) is 51.4 Å². The molecule has 1 aromatic rings. The summed E-state index contributed by atoms with van der Waals surface area (Å²) >= 11 is 3.42. The number of aromatic nitrogens is 3. The Morgan fingerprint density at radius 2 is 1.86 bits per heavy atom. The molecule has 80 valence electrons. The van der Waals surface area contributed by atoms with Crippen LogP contribution in [0.1, 0.15) is 44.8 Å². The number of alkyl halides is 1. The average Bonchev–Trinajstić information content (AvgIpc) is 2.60. The smallest absolute Gasteiger partial charge is 0.143 e. The maximum atomic E-state index is 4.21. The average molecular weight is 260 g/mol. The van der Waals surface area contributed by atoms with Crippen molar-refractivity contribution < 1.29 is 0 Å². The topological polar surface area (TPSA) is 30.7 Å². The van der Waals surface area contributed by atoms with E-state index in [1.807, 2.05) is 0 Å². The van der Waals surface area contributed by atoms with Gasteiger partial charge in [-0.15, -0.1) is 10.2 Å². The Hall–Kier alpha value is -0.380. The van der Waals surface area contributed by atoms with Gasteiger partial charge in [0, 0.05) is 13.0 Å². The molecule has 0 saturated heterocycles. The van der Waals surface area contributed by atoms with Gasteiger partial charge in [-0.05, 0) is 13.3 Å². The minimum absolute atomic E-state index is 0.793. The highest BCUT2D eigenvalue weighted by atomic mass is 79.9. The zero-order chi connectivity index (χ0) is 10.4. The summed E-state index contributed by atoms with van der Waals surface area (Å²) in [4.78, 5) is 0. The summed E-state index contributed by atoms with van der Waals surface area (Å²) in [5, 5.41) is 9.16. The summed E-state index contributed by atoms with van der Waals surface area (Å²) in [5.41, 5.74) is 0. The van der Waals surface area contributed by atoms with E-state index in [0.29, 0.717) is 0 Å². The third kappa shape index (κ3) is 2.80. The Kier molecular flexibility index (Phi) is 5.15. The zero-order valence-electron chi connectivity index (χ0n) is 8.96. The first-order valence-corrected chi connectivity index (χ1v) is 6.42. The second-order valence-electron chi connectivity index (χ2n) is 3.37. The Balaban J connectivity index is 2.61. The first kappa shape index (κ1) is 11.7. The van der Waals surface area contributed by atoms with Gasteiger partial charge in [-0.3, -0.25) is 0 Å². The van der Waals surface area contributed by atoms with Gasteiger partial charge in [0.05, 0.1) is 5.33 Å². The molecular formula is C10H18BrN3. The van der Waals surface area contributed by atoms with E-state index in [4.69, 9.17) is 0 Å². The number of rotatable bonds is 6. The van der Waals surface area contributed by atoms with E-state index in [1.165, 1.54) is 19.3 Å². The first-order chi connectivity index (χ1) is 6.83. The van der Waals surface area contributed by atoms with E-state index in [-0.39, 0.29) is 0 Å². The standard InChI is InChI=1S/C10H18BrN3/c1-3-5-6-7-9-12-13-10(8-11)14(9)4-2/h3-8H2,1-2H3. The summed E-state index contributed by atoms with van der Waals surface area (Å²) in [6, 6.07) is 0. The molecule has 1 heterocycles. The molecule has 0 amide bonds. The van der Waals surface area contributed by atoms with E-state index in [2.05, 4.69) is 44.5 Å². The number of halogens is 1. The molecule has 14 heavy (non-hydrogen) atoms. The highest BCUT2D eigenvalue weighted by Gasteiger charge is 2.08. The molecule has 0 unspecified atom stereocenters. The second kappa shape index (κ2) is 6.17. The summed E-state index contributed by atoms with van der Waals surface area (Å²) in [5.74, 6) is 2.18. The van der Waals surface area contributed by atoms with Crippen molar-refractivity contribution in [1.82, 2.24) is 14.8 Å². The van der Waals surface area contributed by atoms with Crippen LogP contribution in [-0.2, 0) is 18.3 Å². The van der Waals surface area contributed by atoms with Crippen molar-refractivity contribution in [3.8, 4) is 0 Å². The second-order valence-corrected chi connectivity index (χ2v) is 3.93. The van der Waals surface area contributed by atoms with Crippen molar-refractivity contribution in [1.29, 1.82) is 0 Å². The lowest BCUT2D eigenvalue weighted by molar-refractivity contribution is 0.631. The van der Waals surface area contributed by atoms with Gasteiger partial charge in [-0.25, -0.2) is 0 Å². The molecule has 4 heteroatoms. The normalized spacial score (nSPS) is 10.8. The summed E-state index contributed by atoms with van der Waals surface area (Å²) < 4.78 is 2.20. The van der Waals surface area contributed by atoms with Crippen LogP contribution in [0.2, 0.25) is 0 Å². The number of hydrogen-bond acceptors (Lipinski definition) is 2. The fourth-order valence-electron chi connectivity index (χ4n) is 1.55. The van der Waals surface area contributed by atoms with Crippen LogP contribution in [0.25, 0.3) is 0 Å². The maximum absolute atomic E-state index is 4.21. The van der Waals surface area contributed by atoms with Gasteiger partial charge in [-0.2, -0.15) is 0 Å². The van der Waals surface area contributed by atoms with Crippen molar-refractivity contribution >= 4 is 15.9 Å². The fourth-order valence-corrected chi connectivity index (χ4v) is 1.97. The summed E-state index contributed by atoms with van der Waals surface area (Å²) in [7, 11) is 0. The van der Waals surface area contributed by atoms with Gasteiger partial charge in [0.1, 0.15) is 11.6 Å². The third-order valence-corrected chi connectivity index (χ3v) is 2.85. The van der Waals surface area contributed by atoms with Crippen LogP contribution in [-0.4, -0.2) is 14.8 Å². The Morgan fingerprint density at radius 3 is 2.43 bits per heavy atom. The van der Waals surface area contributed by atoms with Gasteiger partial charge < -0.3 is 4.57 Å². The lowest BCUT2D eigenvalue weighted by Gasteiger charge is -2.05. The Bertz CT molecular complexity index is 270. The van der Waals surface area contributed by atoms with Crippen molar-refractivity contribution in [2.75, 3.05) is 0 Å². The molecule has 0 bridgehead atoms. The van der Waals surface area contributed by atoms with Gasteiger partial charge in [0.2, 0.25) is 0 Å². The maximum Gasteiger partial charge on any atom is 0.143 e. The van der Waals surface area contributed by atoms with Crippen LogP contribution in [0.4, 0.5) is 0 Å². The lowest BCUT2D eigenvalue weighted by Crippen LogP contribution is -2.05. The molecule has 3 nitrogen and oxygen atoms in total. The first-order valence-electron chi connectivity index (χ1n) is 5.30. The molecule has 0 spiro atoms. The number of nitrogens with zero attached hydrogens (tertiary/aromatic N) is 3. The predicted octanol–water partition coefficient (Wildman–Crippen LogP) is 2.93. The molecule has 1 rings (SSSR count). The molecule has 0 aliphatic rings. The Morgan fingerprint density at radius 1 is 1.14 bits per heavy atom. The zero-order valence-corrected chi connectivity index (χ0v) is 10.5. The molecular weight excluding hydrogens is 242 g/mol. The third-order valence-electron chi connectivity index (χ3n) is 2.34. The molecule has 0 saturated carbocycles. The summed E-state index contributed by atoms with van der Waals surface area (Å²) in [6.45, 7) is 5.32. The number of unbranched alkanes of at least 4 members (excludes halogenated alkanes) is 2. The molecule has 0 aromatic carbocycles. The Labute approximate surface area is 94.0 Å². The summed E-state index contributed by atoms with van der Waals surface area (Å²) in [6.07, 6.45) is 4.81. The van der Waals surface area contributed by atoms with Gasteiger partial charge in [-0.1, -0.05) is 35.7 Å². The minimum Gasteiger partial charge on any atom is -0.315 e. The van der Waals surface area contributed by atoms with Crippen LogP contribution >= 0.6 is 15.9 Å². The van der Waals surface area contributed by atoms with E-state index < -0.39 is 0 Å². The van der Waals surface area contributed by atoms with Gasteiger partial charge in [0.15, 0.2) is 0 Å². The van der Waals surface area contributed by atoms with Crippen molar-refractivity contribution in [3.63, 3.8) is 0 Å². The van der Waals surface area contributed by atoms with Crippen molar-refractivity contribution in [3.05, 3.63) is 11.6 Å². The van der Waals surface area contributed by atoms with Gasteiger partial charge >= 0.3 is 0 Å².